The minimum Gasteiger partial charge on any atom is -0.379 e. The van der Waals surface area contributed by atoms with Crippen molar-refractivity contribution in [2.75, 3.05) is 19.8 Å². The van der Waals surface area contributed by atoms with Crippen LogP contribution < -0.4 is 0 Å². The van der Waals surface area contributed by atoms with Gasteiger partial charge in [0.1, 0.15) is 0 Å². The number of unbranched alkanes of at least 4 members (excludes halogenated alkanes) is 7. The third kappa shape index (κ3) is 11.9. The summed E-state index contributed by atoms with van der Waals surface area (Å²) in [6.45, 7) is 6.91. The van der Waals surface area contributed by atoms with E-state index < -0.39 is 7.60 Å². The van der Waals surface area contributed by atoms with Gasteiger partial charge in [0, 0.05) is 6.61 Å². The van der Waals surface area contributed by atoms with Crippen molar-refractivity contribution in [3.8, 4) is 0 Å². The van der Waals surface area contributed by atoms with E-state index in [1.807, 2.05) is 0 Å². The first-order chi connectivity index (χ1) is 9.50. The van der Waals surface area contributed by atoms with Gasteiger partial charge in [-0.2, -0.15) is 0 Å². The van der Waals surface area contributed by atoms with Gasteiger partial charge in [0.05, 0.1) is 18.9 Å². The fourth-order valence-corrected chi connectivity index (χ4v) is 2.45. The van der Waals surface area contributed by atoms with Crippen molar-refractivity contribution in [2.45, 2.75) is 77.8 Å². The third-order valence-corrected chi connectivity index (χ3v) is 5.16. The molecule has 0 aliphatic carbocycles. The van der Waals surface area contributed by atoms with E-state index in [0.29, 0.717) is 6.61 Å². The van der Waals surface area contributed by atoms with Crippen molar-refractivity contribution in [1.82, 2.24) is 0 Å². The van der Waals surface area contributed by atoms with E-state index in [2.05, 4.69) is 6.92 Å². The van der Waals surface area contributed by atoms with Gasteiger partial charge in [0.25, 0.3) is 0 Å². The molecule has 0 rings (SSSR count). The SMILES string of the molecule is CCCCCCCCCCOCCOP(=O)(O)C(C)C. The largest absolute Gasteiger partial charge is 0.379 e. The van der Waals surface area contributed by atoms with Gasteiger partial charge in [-0.1, -0.05) is 65.7 Å². The van der Waals surface area contributed by atoms with E-state index in [0.717, 1.165) is 13.0 Å². The average molecular weight is 308 g/mol. The van der Waals surface area contributed by atoms with Gasteiger partial charge in [0.2, 0.25) is 0 Å². The Morgan fingerprint density at radius 2 is 1.45 bits per heavy atom. The van der Waals surface area contributed by atoms with E-state index >= 15 is 0 Å². The zero-order valence-corrected chi connectivity index (χ0v) is 14.4. The summed E-state index contributed by atoms with van der Waals surface area (Å²) >= 11 is 0. The quantitative estimate of drug-likeness (QED) is 0.371. The molecule has 0 saturated heterocycles. The number of ether oxygens (including phenoxy) is 1. The predicted octanol–water partition coefficient (Wildman–Crippen LogP) is 4.75. The summed E-state index contributed by atoms with van der Waals surface area (Å²) in [7, 11) is -3.42. The van der Waals surface area contributed by atoms with Crippen LogP contribution in [0.4, 0.5) is 0 Å². The zero-order chi connectivity index (χ0) is 15.3. The van der Waals surface area contributed by atoms with Crippen LogP contribution in [0.2, 0.25) is 0 Å². The molecule has 4 nitrogen and oxygen atoms in total. The lowest BCUT2D eigenvalue weighted by molar-refractivity contribution is 0.0918. The van der Waals surface area contributed by atoms with E-state index in [9.17, 15) is 9.46 Å². The molecule has 0 spiro atoms. The van der Waals surface area contributed by atoms with E-state index in [1.165, 1.54) is 44.9 Å². The maximum atomic E-state index is 11.5. The Morgan fingerprint density at radius 1 is 0.900 bits per heavy atom. The molecule has 0 saturated carbocycles. The van der Waals surface area contributed by atoms with Crippen LogP contribution >= 0.6 is 7.60 Å². The molecule has 0 radical (unpaired) electrons. The summed E-state index contributed by atoms with van der Waals surface area (Å²) in [5.41, 5.74) is -0.352. The molecule has 0 aromatic carbocycles. The first-order valence-corrected chi connectivity index (χ1v) is 9.70. The van der Waals surface area contributed by atoms with Gasteiger partial charge in [-0.15, -0.1) is 0 Å². The molecule has 0 aromatic rings. The van der Waals surface area contributed by atoms with Gasteiger partial charge >= 0.3 is 7.60 Å². The first-order valence-electron chi connectivity index (χ1n) is 8.05. The summed E-state index contributed by atoms with van der Waals surface area (Å²) in [4.78, 5) is 9.43. The fourth-order valence-electron chi connectivity index (χ4n) is 1.82. The molecule has 1 unspecified atom stereocenters. The van der Waals surface area contributed by atoms with Crippen molar-refractivity contribution < 1.29 is 18.7 Å². The topological polar surface area (TPSA) is 55.8 Å². The Hall–Kier alpha value is 0.110. The maximum absolute atomic E-state index is 11.5. The van der Waals surface area contributed by atoms with E-state index in [4.69, 9.17) is 9.26 Å². The standard InChI is InChI=1S/C15H33O4P/c1-4-5-6-7-8-9-10-11-12-18-13-14-19-20(16,17)15(2)3/h15H,4-14H2,1-3H3,(H,16,17). The van der Waals surface area contributed by atoms with Crippen LogP contribution in [-0.2, 0) is 13.8 Å². The number of hydrogen-bond acceptors (Lipinski definition) is 3. The molecule has 0 aliphatic rings. The van der Waals surface area contributed by atoms with Crippen LogP contribution in [-0.4, -0.2) is 30.4 Å². The second kappa shape index (κ2) is 12.8. The minimum absolute atomic E-state index is 0.197. The Labute approximate surface area is 124 Å². The summed E-state index contributed by atoms with van der Waals surface area (Å²) in [6, 6.07) is 0. The van der Waals surface area contributed by atoms with Crippen LogP contribution in [0.3, 0.4) is 0 Å². The third-order valence-electron chi connectivity index (χ3n) is 3.30. The van der Waals surface area contributed by atoms with E-state index in [-0.39, 0.29) is 12.3 Å². The molecular formula is C15H33O4P. The Bertz CT molecular complexity index is 256. The van der Waals surface area contributed by atoms with Crippen LogP contribution in [0.1, 0.15) is 72.1 Å². The van der Waals surface area contributed by atoms with Gasteiger partial charge in [0.15, 0.2) is 0 Å². The van der Waals surface area contributed by atoms with Crippen molar-refractivity contribution >= 4 is 7.60 Å². The smallest absolute Gasteiger partial charge is 0.330 e. The van der Waals surface area contributed by atoms with Crippen molar-refractivity contribution in [3.63, 3.8) is 0 Å². The maximum Gasteiger partial charge on any atom is 0.330 e. The highest BCUT2D eigenvalue weighted by Gasteiger charge is 2.23. The molecule has 1 atom stereocenters. The predicted molar refractivity (Wildman–Crippen MR) is 84.3 cm³/mol. The molecule has 0 aromatic heterocycles. The molecule has 0 amide bonds. The summed E-state index contributed by atoms with van der Waals surface area (Å²) in [6.07, 6.45) is 10.2. The van der Waals surface area contributed by atoms with Gasteiger partial charge in [-0.3, -0.25) is 4.57 Å². The lowest BCUT2D eigenvalue weighted by Gasteiger charge is -2.15. The molecule has 122 valence electrons. The van der Waals surface area contributed by atoms with Gasteiger partial charge in [-0.25, -0.2) is 0 Å². The Morgan fingerprint density at radius 3 is 2.00 bits per heavy atom. The highest BCUT2D eigenvalue weighted by molar-refractivity contribution is 7.53. The van der Waals surface area contributed by atoms with Crippen LogP contribution in [0.5, 0.6) is 0 Å². The summed E-state index contributed by atoms with van der Waals surface area (Å²) in [5.74, 6) is 0. The summed E-state index contributed by atoms with van der Waals surface area (Å²) in [5, 5.41) is 0. The molecule has 5 heteroatoms. The molecule has 0 bridgehead atoms. The van der Waals surface area contributed by atoms with Crippen molar-refractivity contribution in [3.05, 3.63) is 0 Å². The number of rotatable bonds is 14. The normalized spacial score (nSPS) is 14.7. The molecular weight excluding hydrogens is 275 g/mol. The van der Waals surface area contributed by atoms with Crippen LogP contribution in [0.25, 0.3) is 0 Å². The Kier molecular flexibility index (Phi) is 12.9. The van der Waals surface area contributed by atoms with Gasteiger partial charge < -0.3 is 14.2 Å². The lowest BCUT2D eigenvalue weighted by Crippen LogP contribution is -2.08. The molecule has 1 N–H and O–H groups in total. The highest BCUT2D eigenvalue weighted by Crippen LogP contribution is 2.46. The number of hydrogen-bond donors (Lipinski definition) is 1. The second-order valence-electron chi connectivity index (χ2n) is 5.58. The summed E-state index contributed by atoms with van der Waals surface area (Å²) < 4.78 is 21.8. The lowest BCUT2D eigenvalue weighted by atomic mass is 10.1. The van der Waals surface area contributed by atoms with Crippen LogP contribution in [0, 0.1) is 0 Å². The first kappa shape index (κ1) is 20.1. The van der Waals surface area contributed by atoms with Gasteiger partial charge in [-0.05, 0) is 6.42 Å². The minimum atomic E-state index is -3.42. The van der Waals surface area contributed by atoms with E-state index in [1.54, 1.807) is 13.8 Å². The van der Waals surface area contributed by atoms with Crippen molar-refractivity contribution in [1.29, 1.82) is 0 Å². The Balaban J connectivity index is 3.19. The fraction of sp³-hybridized carbons (Fsp3) is 1.00. The monoisotopic (exact) mass is 308 g/mol. The molecule has 0 heterocycles. The second-order valence-corrected chi connectivity index (χ2v) is 8.00. The average Bonchev–Trinajstić information content (AvgIpc) is 2.39. The molecule has 20 heavy (non-hydrogen) atoms. The highest BCUT2D eigenvalue weighted by atomic mass is 31.2. The molecule has 0 aliphatic heterocycles. The van der Waals surface area contributed by atoms with Crippen molar-refractivity contribution in [2.24, 2.45) is 0 Å². The zero-order valence-electron chi connectivity index (χ0n) is 13.5. The van der Waals surface area contributed by atoms with Crippen LogP contribution in [0.15, 0.2) is 0 Å². The molecule has 0 fully saturated rings.